The molecule has 1 atom stereocenters. The molecule has 11 heteroatoms. The van der Waals surface area contributed by atoms with Crippen molar-refractivity contribution in [2.24, 2.45) is 0 Å². The van der Waals surface area contributed by atoms with Crippen LogP contribution >= 0.6 is 11.6 Å². The van der Waals surface area contributed by atoms with Gasteiger partial charge in [-0.15, -0.1) is 0 Å². The van der Waals surface area contributed by atoms with Gasteiger partial charge in [-0.2, -0.15) is 0 Å². The number of nitrogens with one attached hydrogen (secondary N) is 1. The smallest absolute Gasteiger partial charge is 0.342 e. The van der Waals surface area contributed by atoms with Crippen molar-refractivity contribution < 1.29 is 33.5 Å². The van der Waals surface area contributed by atoms with Crippen LogP contribution in [0, 0.1) is 10.1 Å². The van der Waals surface area contributed by atoms with Crippen LogP contribution in [0.2, 0.25) is 5.02 Å². The molecule has 1 amide bonds. The number of benzene rings is 2. The van der Waals surface area contributed by atoms with Crippen LogP contribution in [0.5, 0.6) is 17.2 Å². The number of halogens is 1. The number of hydrogen-bond donors (Lipinski definition) is 1. The Bertz CT molecular complexity index is 979. The number of nitro groups is 1. The fraction of sp³-hybridized carbons (Fsp3) is 0.263. The highest BCUT2D eigenvalue weighted by molar-refractivity contribution is 6.33. The van der Waals surface area contributed by atoms with Crippen molar-refractivity contribution in [2.45, 2.75) is 13.0 Å². The highest BCUT2D eigenvalue weighted by atomic mass is 35.5. The van der Waals surface area contributed by atoms with Gasteiger partial charge in [0.15, 0.2) is 17.6 Å². The lowest BCUT2D eigenvalue weighted by atomic mass is 10.1. The largest absolute Gasteiger partial charge is 0.496 e. The van der Waals surface area contributed by atoms with Crippen molar-refractivity contribution in [3.8, 4) is 17.2 Å². The van der Waals surface area contributed by atoms with Gasteiger partial charge in [-0.3, -0.25) is 14.9 Å². The molecule has 30 heavy (non-hydrogen) atoms. The van der Waals surface area contributed by atoms with Crippen molar-refractivity contribution in [2.75, 3.05) is 26.6 Å². The quantitative estimate of drug-likeness (QED) is 0.377. The Morgan fingerprint density at radius 1 is 1.03 bits per heavy atom. The van der Waals surface area contributed by atoms with E-state index in [9.17, 15) is 19.7 Å². The molecule has 0 unspecified atom stereocenters. The molecule has 0 saturated carbocycles. The van der Waals surface area contributed by atoms with E-state index < -0.39 is 22.9 Å². The first-order chi connectivity index (χ1) is 14.2. The molecule has 0 aliphatic heterocycles. The SMILES string of the molecule is COc1cc(OC)c(C(=O)O[C@@H](C)C(=O)Nc2cc([N+](=O)[O-])ccc2Cl)cc1OC. The van der Waals surface area contributed by atoms with E-state index in [2.05, 4.69) is 5.32 Å². The Hall–Kier alpha value is -3.53. The number of nitro benzene ring substituents is 1. The van der Waals surface area contributed by atoms with Crippen LogP contribution in [0.3, 0.4) is 0 Å². The van der Waals surface area contributed by atoms with Crippen molar-refractivity contribution >= 4 is 34.9 Å². The van der Waals surface area contributed by atoms with E-state index in [-0.39, 0.29) is 33.5 Å². The topological polar surface area (TPSA) is 126 Å². The lowest BCUT2D eigenvalue weighted by Gasteiger charge is -2.17. The Morgan fingerprint density at radius 3 is 2.20 bits per heavy atom. The predicted octanol–water partition coefficient (Wildman–Crippen LogP) is 3.46. The number of carbonyl (C=O) groups excluding carboxylic acids is 2. The molecule has 0 aromatic heterocycles. The second-order valence-corrected chi connectivity index (χ2v) is 6.27. The molecular formula is C19H19ClN2O8. The van der Waals surface area contributed by atoms with Crippen LogP contribution in [-0.2, 0) is 9.53 Å². The number of anilines is 1. The van der Waals surface area contributed by atoms with Gasteiger partial charge in [0, 0.05) is 24.3 Å². The summed E-state index contributed by atoms with van der Waals surface area (Å²) in [6.07, 6.45) is -1.24. The standard InChI is InChI=1S/C19H19ClN2O8/c1-10(18(23)21-14-7-11(22(25)26)5-6-13(14)20)30-19(24)12-8-16(28-3)17(29-4)9-15(12)27-2/h5-10H,1-4H3,(H,21,23)/t10-/m0/s1. The molecule has 0 fully saturated rings. The van der Waals surface area contributed by atoms with Gasteiger partial charge in [-0.1, -0.05) is 11.6 Å². The van der Waals surface area contributed by atoms with Crippen LogP contribution in [0.25, 0.3) is 0 Å². The number of esters is 1. The zero-order valence-corrected chi connectivity index (χ0v) is 17.3. The summed E-state index contributed by atoms with van der Waals surface area (Å²) in [4.78, 5) is 35.2. The minimum Gasteiger partial charge on any atom is -0.496 e. The van der Waals surface area contributed by atoms with E-state index in [1.807, 2.05) is 0 Å². The average molecular weight is 439 g/mol. The highest BCUT2D eigenvalue weighted by Gasteiger charge is 2.24. The minimum atomic E-state index is -1.24. The van der Waals surface area contributed by atoms with E-state index in [4.69, 9.17) is 30.5 Å². The molecule has 0 aliphatic carbocycles. The van der Waals surface area contributed by atoms with E-state index >= 15 is 0 Å². The van der Waals surface area contributed by atoms with E-state index in [0.717, 1.165) is 6.07 Å². The number of hydrogen-bond acceptors (Lipinski definition) is 8. The third-order valence-electron chi connectivity index (χ3n) is 4.00. The molecule has 2 aromatic rings. The third-order valence-corrected chi connectivity index (χ3v) is 4.33. The third kappa shape index (κ3) is 5.09. The highest BCUT2D eigenvalue weighted by Crippen LogP contribution is 2.35. The summed E-state index contributed by atoms with van der Waals surface area (Å²) in [6, 6.07) is 6.39. The molecule has 0 spiro atoms. The number of carbonyl (C=O) groups is 2. The van der Waals surface area contributed by atoms with E-state index in [1.165, 1.54) is 52.5 Å². The number of non-ortho nitro benzene ring substituents is 1. The van der Waals surface area contributed by atoms with Gasteiger partial charge >= 0.3 is 5.97 Å². The number of rotatable bonds is 8. The molecule has 0 aliphatic rings. The Labute approximate surface area is 176 Å². The van der Waals surface area contributed by atoms with Gasteiger partial charge in [-0.05, 0) is 13.0 Å². The predicted molar refractivity (Wildman–Crippen MR) is 108 cm³/mol. The van der Waals surface area contributed by atoms with Crippen molar-refractivity contribution in [3.05, 3.63) is 51.0 Å². The van der Waals surface area contributed by atoms with Gasteiger partial charge in [0.2, 0.25) is 0 Å². The van der Waals surface area contributed by atoms with Crippen LogP contribution in [0.4, 0.5) is 11.4 Å². The summed E-state index contributed by atoms with van der Waals surface area (Å²) in [6.45, 7) is 1.34. The second kappa shape index (κ2) is 9.79. The maximum atomic E-state index is 12.6. The molecule has 0 heterocycles. The van der Waals surface area contributed by atoms with Gasteiger partial charge in [0.05, 0.1) is 37.0 Å². The normalized spacial score (nSPS) is 11.2. The minimum absolute atomic E-state index is 0.0162. The number of ether oxygens (including phenoxy) is 4. The van der Waals surface area contributed by atoms with Gasteiger partial charge in [0.25, 0.3) is 11.6 Å². The van der Waals surface area contributed by atoms with E-state index in [0.29, 0.717) is 5.75 Å². The fourth-order valence-corrected chi connectivity index (χ4v) is 2.59. The monoisotopic (exact) mass is 438 g/mol. The van der Waals surface area contributed by atoms with Gasteiger partial charge < -0.3 is 24.3 Å². The van der Waals surface area contributed by atoms with Crippen LogP contribution in [0.1, 0.15) is 17.3 Å². The fourth-order valence-electron chi connectivity index (χ4n) is 2.42. The molecule has 2 aromatic carbocycles. The Morgan fingerprint density at radius 2 is 1.63 bits per heavy atom. The summed E-state index contributed by atoms with van der Waals surface area (Å²) in [5.74, 6) is -0.805. The van der Waals surface area contributed by atoms with Gasteiger partial charge in [0.1, 0.15) is 11.3 Å². The molecule has 0 radical (unpaired) electrons. The van der Waals surface area contributed by atoms with Gasteiger partial charge in [-0.25, -0.2) is 4.79 Å². The average Bonchev–Trinajstić information content (AvgIpc) is 2.73. The number of nitrogens with zero attached hydrogens (tertiary/aromatic N) is 1. The van der Waals surface area contributed by atoms with Crippen LogP contribution in [-0.4, -0.2) is 44.2 Å². The zero-order chi connectivity index (χ0) is 22.4. The van der Waals surface area contributed by atoms with Crippen LogP contribution in [0.15, 0.2) is 30.3 Å². The molecule has 0 bridgehead atoms. The van der Waals surface area contributed by atoms with E-state index in [1.54, 1.807) is 0 Å². The summed E-state index contributed by atoms with van der Waals surface area (Å²) in [5, 5.41) is 13.4. The molecule has 2 rings (SSSR count). The molecular weight excluding hydrogens is 420 g/mol. The number of amides is 1. The lowest BCUT2D eigenvalue weighted by Crippen LogP contribution is -2.30. The lowest BCUT2D eigenvalue weighted by molar-refractivity contribution is -0.384. The first-order valence-corrected chi connectivity index (χ1v) is 8.85. The van der Waals surface area contributed by atoms with Crippen LogP contribution < -0.4 is 19.5 Å². The van der Waals surface area contributed by atoms with Crippen molar-refractivity contribution in [3.63, 3.8) is 0 Å². The maximum Gasteiger partial charge on any atom is 0.342 e. The Balaban J connectivity index is 2.19. The second-order valence-electron chi connectivity index (χ2n) is 5.87. The van der Waals surface area contributed by atoms with Crippen molar-refractivity contribution in [1.29, 1.82) is 0 Å². The summed E-state index contributed by atoms with van der Waals surface area (Å²) < 4.78 is 20.7. The molecule has 160 valence electrons. The maximum absolute atomic E-state index is 12.6. The Kier molecular flexibility index (Phi) is 7.43. The molecule has 10 nitrogen and oxygen atoms in total. The first kappa shape index (κ1) is 22.8. The number of methoxy groups -OCH3 is 3. The molecule has 1 N–H and O–H groups in total. The molecule has 0 saturated heterocycles. The summed E-state index contributed by atoms with van der Waals surface area (Å²) in [7, 11) is 4.19. The summed E-state index contributed by atoms with van der Waals surface area (Å²) in [5.41, 5.74) is -0.222. The summed E-state index contributed by atoms with van der Waals surface area (Å²) >= 11 is 5.97. The van der Waals surface area contributed by atoms with Crippen molar-refractivity contribution in [1.82, 2.24) is 0 Å². The zero-order valence-electron chi connectivity index (χ0n) is 16.6. The first-order valence-electron chi connectivity index (χ1n) is 8.47.